The highest BCUT2D eigenvalue weighted by atomic mass is 32.2. The molecule has 0 spiro atoms. The second-order valence-electron chi connectivity index (χ2n) is 5.26. The number of carbonyl (C=O) groups excluding carboxylic acids is 1. The van der Waals surface area contributed by atoms with Gasteiger partial charge < -0.3 is 14.6 Å². The van der Waals surface area contributed by atoms with Gasteiger partial charge in [0.1, 0.15) is 0 Å². The average Bonchev–Trinajstić information content (AvgIpc) is 2.60. The molecule has 0 radical (unpaired) electrons. The third-order valence-electron chi connectivity index (χ3n) is 3.72. The molecule has 3 rings (SSSR count). The molecule has 1 heterocycles. The van der Waals surface area contributed by atoms with Gasteiger partial charge in [-0.05, 0) is 35.9 Å². The molecule has 2 aromatic carbocycles. The van der Waals surface area contributed by atoms with Crippen molar-refractivity contribution in [2.24, 2.45) is 0 Å². The minimum absolute atomic E-state index is 0.0574. The van der Waals surface area contributed by atoms with Crippen LogP contribution in [-0.4, -0.2) is 33.5 Å². The van der Waals surface area contributed by atoms with Gasteiger partial charge in [0, 0.05) is 5.56 Å². The van der Waals surface area contributed by atoms with Crippen LogP contribution in [0.25, 0.3) is 6.08 Å². The monoisotopic (exact) mass is 361 g/mol. The van der Waals surface area contributed by atoms with Gasteiger partial charge in [-0.15, -0.1) is 0 Å². The average molecular weight is 361 g/mol. The van der Waals surface area contributed by atoms with E-state index in [0.29, 0.717) is 5.56 Å². The fraction of sp³-hybridized carbons (Fsp3) is 0.118. The van der Waals surface area contributed by atoms with Gasteiger partial charge in [0.05, 0.1) is 24.8 Å². The number of Topliss-reactive ketones (excluding diaryl/α,β-unsaturated/α-hetero) is 1. The number of methoxy groups -OCH3 is 2. The van der Waals surface area contributed by atoms with E-state index < -0.39 is 15.8 Å². The van der Waals surface area contributed by atoms with Crippen molar-refractivity contribution in [3.63, 3.8) is 0 Å². The number of phenolic OH excluding ortho intramolecular Hbond substituents is 1. The van der Waals surface area contributed by atoms with Crippen molar-refractivity contribution in [3.8, 4) is 17.2 Å². The minimum Gasteiger partial charge on any atom is -0.502 e. The molecule has 7 nitrogen and oxygen atoms in total. The van der Waals surface area contributed by atoms with Crippen molar-refractivity contribution in [2.45, 2.75) is 4.90 Å². The Labute approximate surface area is 144 Å². The van der Waals surface area contributed by atoms with Crippen LogP contribution < -0.4 is 14.2 Å². The summed E-state index contributed by atoms with van der Waals surface area (Å²) in [5.74, 6) is -0.361. The third-order valence-corrected chi connectivity index (χ3v) is 5.15. The first-order valence-electron chi connectivity index (χ1n) is 7.20. The molecule has 0 bridgehead atoms. The molecule has 0 saturated heterocycles. The van der Waals surface area contributed by atoms with E-state index in [9.17, 15) is 18.3 Å². The number of rotatable bonds is 3. The predicted molar refractivity (Wildman–Crippen MR) is 90.3 cm³/mol. The lowest BCUT2D eigenvalue weighted by molar-refractivity contribution is 0.102. The Kier molecular flexibility index (Phi) is 4.13. The largest absolute Gasteiger partial charge is 0.502 e. The zero-order chi connectivity index (χ0) is 18.2. The molecule has 0 aliphatic carbocycles. The number of allylic oxidation sites excluding steroid dienone is 1. The molecular formula is C17H15NO6S. The molecule has 0 unspecified atom stereocenters. The highest BCUT2D eigenvalue weighted by molar-refractivity contribution is 7.90. The molecule has 0 aromatic heterocycles. The lowest BCUT2D eigenvalue weighted by Crippen LogP contribution is -2.34. The van der Waals surface area contributed by atoms with Gasteiger partial charge in [0.15, 0.2) is 11.5 Å². The SMILES string of the molecule is COc1cc(C=C2NS(=O)(=O)c3ccccc3C2=O)cc(OC)c1O. The topological polar surface area (TPSA) is 102 Å². The summed E-state index contributed by atoms with van der Waals surface area (Å²) in [5.41, 5.74) is 0.427. The Morgan fingerprint density at radius 1 is 1.08 bits per heavy atom. The van der Waals surface area contributed by atoms with Crippen molar-refractivity contribution < 1.29 is 27.8 Å². The number of ketones is 1. The minimum atomic E-state index is -3.83. The molecule has 25 heavy (non-hydrogen) atoms. The van der Waals surface area contributed by atoms with E-state index in [1.54, 1.807) is 12.1 Å². The molecule has 130 valence electrons. The van der Waals surface area contributed by atoms with Crippen molar-refractivity contribution >= 4 is 21.9 Å². The highest BCUT2D eigenvalue weighted by Crippen LogP contribution is 2.38. The van der Waals surface area contributed by atoms with Crippen molar-refractivity contribution in [3.05, 3.63) is 53.2 Å². The van der Waals surface area contributed by atoms with Crippen LogP contribution in [0.1, 0.15) is 15.9 Å². The van der Waals surface area contributed by atoms with Gasteiger partial charge in [-0.25, -0.2) is 8.42 Å². The van der Waals surface area contributed by atoms with Crippen LogP contribution >= 0.6 is 0 Å². The van der Waals surface area contributed by atoms with Gasteiger partial charge in [0.25, 0.3) is 10.0 Å². The van der Waals surface area contributed by atoms with E-state index in [-0.39, 0.29) is 33.4 Å². The normalized spacial score (nSPS) is 16.9. The summed E-state index contributed by atoms with van der Waals surface area (Å²) in [5, 5.41) is 9.94. The molecule has 1 aliphatic heterocycles. The van der Waals surface area contributed by atoms with Gasteiger partial charge in [0.2, 0.25) is 11.5 Å². The van der Waals surface area contributed by atoms with E-state index in [4.69, 9.17) is 9.47 Å². The number of sulfonamides is 1. The standard InChI is InChI=1S/C17H15NO6S/c1-23-13-8-10(9-14(24-2)17(13)20)7-12-16(19)11-5-3-4-6-15(11)25(21,22)18-12/h3-9,18,20H,1-2H3. The smallest absolute Gasteiger partial charge is 0.262 e. The van der Waals surface area contributed by atoms with Crippen molar-refractivity contribution in [1.29, 1.82) is 0 Å². The Bertz CT molecular complexity index is 969. The maximum atomic E-state index is 12.6. The van der Waals surface area contributed by atoms with Crippen LogP contribution in [0.3, 0.4) is 0 Å². The van der Waals surface area contributed by atoms with Gasteiger partial charge in [-0.3, -0.25) is 9.52 Å². The molecule has 0 saturated carbocycles. The summed E-state index contributed by atoms with van der Waals surface area (Å²) in [6.45, 7) is 0. The van der Waals surface area contributed by atoms with E-state index >= 15 is 0 Å². The lowest BCUT2D eigenvalue weighted by Gasteiger charge is -2.19. The predicted octanol–water partition coefficient (Wildman–Crippen LogP) is 1.93. The van der Waals surface area contributed by atoms with E-state index in [2.05, 4.69) is 4.72 Å². The Balaban J connectivity index is 2.13. The highest BCUT2D eigenvalue weighted by Gasteiger charge is 2.31. The summed E-state index contributed by atoms with van der Waals surface area (Å²) >= 11 is 0. The Hall–Kier alpha value is -3.00. The number of fused-ring (bicyclic) bond motifs is 1. The Morgan fingerprint density at radius 2 is 1.68 bits per heavy atom. The maximum Gasteiger partial charge on any atom is 0.262 e. The number of carbonyl (C=O) groups is 1. The number of hydrogen-bond acceptors (Lipinski definition) is 6. The molecule has 0 amide bonds. The molecule has 2 aromatic rings. The molecule has 1 aliphatic rings. The van der Waals surface area contributed by atoms with Crippen LogP contribution in [0.15, 0.2) is 47.0 Å². The Morgan fingerprint density at radius 3 is 2.28 bits per heavy atom. The summed E-state index contributed by atoms with van der Waals surface area (Å²) in [7, 11) is -1.09. The van der Waals surface area contributed by atoms with Crippen LogP contribution in [0.2, 0.25) is 0 Å². The van der Waals surface area contributed by atoms with Gasteiger partial charge in [-0.2, -0.15) is 0 Å². The zero-order valence-electron chi connectivity index (χ0n) is 13.4. The van der Waals surface area contributed by atoms with Crippen molar-refractivity contribution in [2.75, 3.05) is 14.2 Å². The number of benzene rings is 2. The van der Waals surface area contributed by atoms with Crippen LogP contribution in [0.5, 0.6) is 17.2 Å². The zero-order valence-corrected chi connectivity index (χ0v) is 14.3. The lowest BCUT2D eigenvalue weighted by atomic mass is 10.1. The van der Waals surface area contributed by atoms with E-state index in [1.807, 2.05) is 0 Å². The third kappa shape index (κ3) is 2.91. The van der Waals surface area contributed by atoms with E-state index in [1.165, 1.54) is 44.6 Å². The van der Waals surface area contributed by atoms with Crippen molar-refractivity contribution in [1.82, 2.24) is 4.72 Å². The number of ether oxygens (including phenoxy) is 2. The molecular weight excluding hydrogens is 346 g/mol. The fourth-order valence-corrected chi connectivity index (χ4v) is 3.80. The first-order valence-corrected chi connectivity index (χ1v) is 8.69. The maximum absolute atomic E-state index is 12.6. The molecule has 2 N–H and O–H groups in total. The number of aromatic hydroxyl groups is 1. The fourth-order valence-electron chi connectivity index (χ4n) is 2.54. The molecule has 0 fully saturated rings. The summed E-state index contributed by atoms with van der Waals surface area (Å²) < 4.78 is 37.0. The quantitative estimate of drug-likeness (QED) is 0.810. The summed E-state index contributed by atoms with van der Waals surface area (Å²) in [6.07, 6.45) is 1.36. The number of nitrogens with one attached hydrogen (secondary N) is 1. The van der Waals surface area contributed by atoms with Gasteiger partial charge >= 0.3 is 0 Å². The van der Waals surface area contributed by atoms with Crippen LogP contribution in [0.4, 0.5) is 0 Å². The first kappa shape index (κ1) is 16.8. The van der Waals surface area contributed by atoms with Crippen LogP contribution in [-0.2, 0) is 10.0 Å². The molecule has 0 atom stereocenters. The second-order valence-corrected chi connectivity index (χ2v) is 6.91. The van der Waals surface area contributed by atoms with Gasteiger partial charge in [-0.1, -0.05) is 12.1 Å². The van der Waals surface area contributed by atoms with E-state index in [0.717, 1.165) is 0 Å². The summed E-state index contributed by atoms with van der Waals surface area (Å²) in [6, 6.07) is 8.91. The summed E-state index contributed by atoms with van der Waals surface area (Å²) in [4.78, 5) is 12.5. The number of hydrogen-bond donors (Lipinski definition) is 2. The second kappa shape index (κ2) is 6.14. The molecule has 8 heteroatoms. The first-order chi connectivity index (χ1) is 11.9. The number of phenols is 1. The van der Waals surface area contributed by atoms with Crippen LogP contribution in [0, 0.1) is 0 Å².